The van der Waals surface area contributed by atoms with Gasteiger partial charge >= 0.3 is 0 Å². The first-order chi connectivity index (χ1) is 8.94. The maximum Gasteiger partial charge on any atom is 0.152 e. The Morgan fingerprint density at radius 3 is 2.63 bits per heavy atom. The smallest absolute Gasteiger partial charge is 0.152 e. The van der Waals surface area contributed by atoms with Crippen molar-refractivity contribution in [3.8, 4) is 6.07 Å². The van der Waals surface area contributed by atoms with Crippen molar-refractivity contribution >= 4 is 9.84 Å². The maximum absolute atomic E-state index is 11.5. The summed E-state index contributed by atoms with van der Waals surface area (Å²) in [5.74, 6) is 0.146. The highest BCUT2D eigenvalue weighted by Crippen LogP contribution is 2.24. The number of hydrogen-bond donors (Lipinski definition) is 1. The van der Waals surface area contributed by atoms with E-state index >= 15 is 0 Å². The second-order valence-corrected chi connectivity index (χ2v) is 7.56. The van der Waals surface area contributed by atoms with Crippen LogP contribution >= 0.6 is 0 Å². The molecule has 0 aromatic heterocycles. The molecule has 0 radical (unpaired) electrons. The fraction of sp³-hybridized carbons (Fsp3) is 0.500. The molecule has 0 amide bonds. The number of nitrogens with one attached hydrogen (secondary N) is 1. The predicted octanol–water partition coefficient (Wildman–Crippen LogP) is 1.46. The Morgan fingerprint density at radius 1 is 1.42 bits per heavy atom. The molecule has 1 aliphatic rings. The Morgan fingerprint density at radius 2 is 2.11 bits per heavy atom. The number of nitrogens with zero attached hydrogens (tertiary/aromatic N) is 1. The third-order valence-electron chi connectivity index (χ3n) is 3.59. The first-order valence-electron chi connectivity index (χ1n) is 6.34. The molecule has 1 aromatic rings. The van der Waals surface area contributed by atoms with Gasteiger partial charge in [-0.2, -0.15) is 5.26 Å². The summed E-state index contributed by atoms with van der Waals surface area (Å²) in [6, 6.07) is 11.8. The largest absolute Gasteiger partial charge is 0.309 e. The van der Waals surface area contributed by atoms with Gasteiger partial charge < -0.3 is 5.32 Å². The summed E-state index contributed by atoms with van der Waals surface area (Å²) in [5, 5.41) is 12.5. The Kier molecular flexibility index (Phi) is 3.93. The number of rotatable bonds is 4. The van der Waals surface area contributed by atoms with E-state index in [1.807, 2.05) is 37.3 Å². The molecule has 2 rings (SSSR count). The van der Waals surface area contributed by atoms with Crippen molar-refractivity contribution in [1.82, 2.24) is 5.32 Å². The molecule has 0 aliphatic carbocycles. The van der Waals surface area contributed by atoms with E-state index in [1.165, 1.54) is 0 Å². The van der Waals surface area contributed by atoms with Crippen LogP contribution in [0, 0.1) is 11.3 Å². The normalized spacial score (nSPS) is 26.7. The van der Waals surface area contributed by atoms with Crippen LogP contribution in [0.4, 0.5) is 0 Å². The molecule has 1 aliphatic heterocycles. The molecule has 1 aromatic carbocycles. The first-order valence-corrected chi connectivity index (χ1v) is 8.16. The van der Waals surface area contributed by atoms with Gasteiger partial charge in [0.05, 0.1) is 23.5 Å². The van der Waals surface area contributed by atoms with Crippen LogP contribution in [0.2, 0.25) is 0 Å². The monoisotopic (exact) mass is 278 g/mol. The van der Waals surface area contributed by atoms with Crippen LogP contribution < -0.4 is 5.32 Å². The van der Waals surface area contributed by atoms with Crippen molar-refractivity contribution in [1.29, 1.82) is 5.26 Å². The number of sulfone groups is 1. The zero-order valence-electron chi connectivity index (χ0n) is 11.0. The summed E-state index contributed by atoms with van der Waals surface area (Å²) in [7, 11) is -2.92. The molecule has 0 spiro atoms. The highest BCUT2D eigenvalue weighted by Gasteiger charge is 2.38. The lowest BCUT2D eigenvalue weighted by Gasteiger charge is -2.25. The van der Waals surface area contributed by atoms with Gasteiger partial charge in [0, 0.05) is 12.1 Å². The van der Waals surface area contributed by atoms with Crippen LogP contribution in [0.5, 0.6) is 0 Å². The van der Waals surface area contributed by atoms with Gasteiger partial charge in [0.15, 0.2) is 9.84 Å². The molecule has 0 bridgehead atoms. The van der Waals surface area contributed by atoms with E-state index in [0.717, 1.165) is 5.56 Å². The maximum atomic E-state index is 11.5. The molecule has 0 saturated carbocycles. The molecule has 2 unspecified atom stereocenters. The minimum atomic E-state index is -2.92. The van der Waals surface area contributed by atoms with Gasteiger partial charge in [-0.15, -0.1) is 0 Å². The first kappa shape index (κ1) is 14.0. The van der Waals surface area contributed by atoms with Crippen LogP contribution in [-0.4, -0.2) is 32.0 Å². The second kappa shape index (κ2) is 5.32. The lowest BCUT2D eigenvalue weighted by atomic mass is 9.97. The summed E-state index contributed by atoms with van der Waals surface area (Å²) < 4.78 is 23.1. The topological polar surface area (TPSA) is 70.0 Å². The fourth-order valence-corrected chi connectivity index (χ4v) is 4.54. The molecule has 1 N–H and O–H groups in total. The van der Waals surface area contributed by atoms with Gasteiger partial charge in [-0.1, -0.05) is 30.3 Å². The average molecular weight is 278 g/mol. The van der Waals surface area contributed by atoms with Crippen LogP contribution in [0.1, 0.15) is 24.8 Å². The number of nitriles is 1. The van der Waals surface area contributed by atoms with Gasteiger partial charge in [-0.3, -0.25) is 0 Å². The highest BCUT2D eigenvalue weighted by molar-refractivity contribution is 7.91. The lowest BCUT2D eigenvalue weighted by molar-refractivity contribution is 0.394. The summed E-state index contributed by atoms with van der Waals surface area (Å²) in [6.07, 6.45) is 0.613. The third-order valence-corrected chi connectivity index (χ3v) is 5.50. The summed E-state index contributed by atoms with van der Waals surface area (Å²) in [4.78, 5) is 0. The molecule has 1 heterocycles. The molecule has 19 heavy (non-hydrogen) atoms. The fourth-order valence-electron chi connectivity index (χ4n) is 2.42. The average Bonchev–Trinajstić information content (AvgIpc) is 2.66. The minimum Gasteiger partial charge on any atom is -0.309 e. The van der Waals surface area contributed by atoms with Gasteiger partial charge in [-0.05, 0) is 18.9 Å². The number of hydrogen-bond acceptors (Lipinski definition) is 4. The molecule has 5 heteroatoms. The van der Waals surface area contributed by atoms with E-state index in [2.05, 4.69) is 11.4 Å². The van der Waals surface area contributed by atoms with E-state index in [4.69, 9.17) is 0 Å². The van der Waals surface area contributed by atoms with Gasteiger partial charge in [0.25, 0.3) is 0 Å². The Balaban J connectivity index is 2.00. The Hall–Kier alpha value is -1.38. The predicted molar refractivity (Wildman–Crippen MR) is 74.5 cm³/mol. The van der Waals surface area contributed by atoms with Crippen molar-refractivity contribution in [2.75, 3.05) is 18.1 Å². The van der Waals surface area contributed by atoms with Gasteiger partial charge in [-0.25, -0.2) is 8.42 Å². The molecule has 4 nitrogen and oxygen atoms in total. The molecule has 1 fully saturated rings. The van der Waals surface area contributed by atoms with E-state index in [1.54, 1.807) is 0 Å². The number of benzene rings is 1. The summed E-state index contributed by atoms with van der Waals surface area (Å²) >= 11 is 0. The molecular weight excluding hydrogens is 260 g/mol. The SMILES string of the molecule is CC1(NCC(C#N)c2ccccc2)CCS(=O)(=O)C1. The third kappa shape index (κ3) is 3.55. The summed E-state index contributed by atoms with van der Waals surface area (Å²) in [5.41, 5.74) is 0.560. The van der Waals surface area contributed by atoms with Crippen LogP contribution in [0.25, 0.3) is 0 Å². The van der Waals surface area contributed by atoms with E-state index in [-0.39, 0.29) is 17.4 Å². The van der Waals surface area contributed by atoms with Crippen LogP contribution in [0.15, 0.2) is 30.3 Å². The quantitative estimate of drug-likeness (QED) is 0.905. The van der Waals surface area contributed by atoms with Crippen molar-refractivity contribution in [2.45, 2.75) is 24.8 Å². The van der Waals surface area contributed by atoms with Crippen molar-refractivity contribution < 1.29 is 8.42 Å². The molecule has 1 saturated heterocycles. The van der Waals surface area contributed by atoms with Crippen LogP contribution in [0.3, 0.4) is 0 Å². The van der Waals surface area contributed by atoms with Gasteiger partial charge in [0.2, 0.25) is 0 Å². The molecule has 2 atom stereocenters. The van der Waals surface area contributed by atoms with Crippen molar-refractivity contribution in [2.24, 2.45) is 0 Å². The summed E-state index contributed by atoms with van der Waals surface area (Å²) in [6.45, 7) is 2.39. The van der Waals surface area contributed by atoms with E-state index < -0.39 is 15.4 Å². The second-order valence-electron chi connectivity index (χ2n) is 5.38. The lowest BCUT2D eigenvalue weighted by Crippen LogP contribution is -2.45. The highest BCUT2D eigenvalue weighted by atomic mass is 32.2. The van der Waals surface area contributed by atoms with Gasteiger partial charge in [0.1, 0.15) is 0 Å². The molecular formula is C14H18N2O2S. The van der Waals surface area contributed by atoms with E-state index in [9.17, 15) is 13.7 Å². The van der Waals surface area contributed by atoms with Crippen LogP contribution in [-0.2, 0) is 9.84 Å². The standard InChI is InChI=1S/C14H18N2O2S/c1-14(7-8-19(17,18)11-14)16-10-13(9-15)12-5-3-2-4-6-12/h2-6,13,16H,7-8,10-11H2,1H3. The zero-order valence-corrected chi connectivity index (χ0v) is 11.8. The van der Waals surface area contributed by atoms with Crippen molar-refractivity contribution in [3.63, 3.8) is 0 Å². The minimum absolute atomic E-state index is 0.160. The Bertz CT molecular complexity index is 577. The van der Waals surface area contributed by atoms with Crippen molar-refractivity contribution in [3.05, 3.63) is 35.9 Å². The van der Waals surface area contributed by atoms with E-state index in [0.29, 0.717) is 13.0 Å². The zero-order chi connectivity index (χ0) is 13.9. The Labute approximate surface area is 114 Å². The molecule has 102 valence electrons.